The molecule has 1 aromatic heterocycles. The van der Waals surface area contributed by atoms with Gasteiger partial charge in [-0.1, -0.05) is 37.4 Å². The third-order valence-corrected chi connectivity index (χ3v) is 5.53. The predicted octanol–water partition coefficient (Wildman–Crippen LogP) is 3.06. The van der Waals surface area contributed by atoms with Crippen molar-refractivity contribution in [3.8, 4) is 5.75 Å². The second kappa shape index (κ2) is 9.47. The van der Waals surface area contributed by atoms with Crippen LogP contribution in [-0.4, -0.2) is 39.5 Å². The van der Waals surface area contributed by atoms with Gasteiger partial charge in [-0.2, -0.15) is 0 Å². The smallest absolute Gasteiger partial charge is 0.274 e. The highest BCUT2D eigenvalue weighted by Crippen LogP contribution is 2.23. The molecule has 0 radical (unpaired) electrons. The van der Waals surface area contributed by atoms with E-state index in [0.29, 0.717) is 19.6 Å². The number of hydrogen-bond acceptors (Lipinski definition) is 4. The van der Waals surface area contributed by atoms with E-state index in [1.807, 2.05) is 6.92 Å². The molecule has 1 aliphatic rings. The van der Waals surface area contributed by atoms with Crippen molar-refractivity contribution < 1.29 is 23.5 Å². The summed E-state index contributed by atoms with van der Waals surface area (Å²) in [6.07, 6.45) is 3.98. The van der Waals surface area contributed by atoms with E-state index < -0.39 is 39.6 Å². The number of benzene rings is 1. The van der Waals surface area contributed by atoms with Crippen LogP contribution in [0, 0.1) is 11.6 Å². The summed E-state index contributed by atoms with van der Waals surface area (Å²) >= 11 is 5.52. The Balaban J connectivity index is 1.80. The molecule has 0 spiro atoms. The molecule has 1 aromatic carbocycles. The van der Waals surface area contributed by atoms with Gasteiger partial charge in [-0.05, 0) is 12.5 Å². The first-order chi connectivity index (χ1) is 14.8. The lowest BCUT2D eigenvalue weighted by atomic mass is 10.1. The number of aromatic hydroxyl groups is 1. The molecule has 10 heteroatoms. The van der Waals surface area contributed by atoms with Crippen LogP contribution >= 0.6 is 11.6 Å². The highest BCUT2D eigenvalue weighted by atomic mass is 35.5. The van der Waals surface area contributed by atoms with E-state index in [1.165, 1.54) is 10.8 Å². The van der Waals surface area contributed by atoms with Gasteiger partial charge >= 0.3 is 0 Å². The molecule has 0 saturated heterocycles. The van der Waals surface area contributed by atoms with Gasteiger partial charge in [0.1, 0.15) is 22.2 Å². The Bertz CT molecular complexity index is 1090. The molecule has 0 saturated carbocycles. The minimum absolute atomic E-state index is 0.0695. The van der Waals surface area contributed by atoms with E-state index in [1.54, 1.807) is 4.90 Å². The molecule has 2 heterocycles. The summed E-state index contributed by atoms with van der Waals surface area (Å²) in [4.78, 5) is 39.3. The third-order valence-electron chi connectivity index (χ3n) is 5.19. The normalized spacial score (nSPS) is 13.3. The van der Waals surface area contributed by atoms with Gasteiger partial charge in [0.15, 0.2) is 11.4 Å². The first-order valence-corrected chi connectivity index (χ1v) is 10.3. The fraction of sp³-hybridized carbons (Fsp3) is 0.381. The Labute approximate surface area is 182 Å². The number of unbranched alkanes of at least 4 members (excludes halogenated alkanes) is 2. The predicted molar refractivity (Wildman–Crippen MR) is 110 cm³/mol. The summed E-state index contributed by atoms with van der Waals surface area (Å²) in [6.45, 7) is 2.91. The minimum atomic E-state index is -1.01. The maximum absolute atomic E-state index is 14.0. The van der Waals surface area contributed by atoms with Crippen molar-refractivity contribution in [1.29, 1.82) is 0 Å². The number of nitrogens with one attached hydrogen (secondary N) is 1. The number of rotatable bonds is 7. The summed E-state index contributed by atoms with van der Waals surface area (Å²) in [6, 6.07) is 2.09. The molecule has 2 N–H and O–H groups in total. The Morgan fingerprint density at radius 1 is 1.23 bits per heavy atom. The molecule has 7 nitrogen and oxygen atoms in total. The Morgan fingerprint density at radius 3 is 2.68 bits per heavy atom. The average Bonchev–Trinajstić information content (AvgIpc) is 2.75. The Kier molecular flexibility index (Phi) is 6.94. The second-order valence-corrected chi connectivity index (χ2v) is 7.66. The number of amides is 2. The van der Waals surface area contributed by atoms with Crippen LogP contribution < -0.4 is 10.7 Å². The van der Waals surface area contributed by atoms with Crippen molar-refractivity contribution >= 4 is 23.4 Å². The topological polar surface area (TPSA) is 91.6 Å². The van der Waals surface area contributed by atoms with Gasteiger partial charge in [-0.3, -0.25) is 14.4 Å². The number of carbonyl (C=O) groups is 2. The molecule has 0 atom stereocenters. The van der Waals surface area contributed by atoms with Crippen LogP contribution in [-0.2, 0) is 13.1 Å². The van der Waals surface area contributed by atoms with Gasteiger partial charge in [0.05, 0.1) is 0 Å². The molecule has 1 aliphatic heterocycles. The van der Waals surface area contributed by atoms with Crippen molar-refractivity contribution in [3.63, 3.8) is 0 Å². The number of pyridine rings is 1. The molecule has 166 valence electrons. The summed E-state index contributed by atoms with van der Waals surface area (Å²) in [7, 11) is 0. The summed E-state index contributed by atoms with van der Waals surface area (Å²) in [5.41, 5.74) is -1.60. The Hall–Kier alpha value is -2.94. The zero-order chi connectivity index (χ0) is 22.7. The molecule has 2 amide bonds. The molecule has 0 bridgehead atoms. The average molecular weight is 454 g/mol. The largest absolute Gasteiger partial charge is 0.503 e. The number of halogens is 3. The molecule has 3 rings (SSSR count). The van der Waals surface area contributed by atoms with Crippen LogP contribution in [0.3, 0.4) is 0 Å². The molecular formula is C21H22ClF2N3O4. The van der Waals surface area contributed by atoms with Gasteiger partial charge in [0.25, 0.3) is 11.8 Å². The van der Waals surface area contributed by atoms with Crippen molar-refractivity contribution in [1.82, 2.24) is 14.8 Å². The molecule has 0 aliphatic carbocycles. The number of nitrogens with zero attached hydrogens (tertiary/aromatic N) is 2. The zero-order valence-corrected chi connectivity index (χ0v) is 17.6. The lowest BCUT2D eigenvalue weighted by molar-refractivity contribution is 0.0692. The van der Waals surface area contributed by atoms with E-state index in [-0.39, 0.29) is 23.4 Å². The van der Waals surface area contributed by atoms with Crippen LogP contribution in [0.1, 0.15) is 52.6 Å². The van der Waals surface area contributed by atoms with Crippen LogP contribution in [0.25, 0.3) is 0 Å². The van der Waals surface area contributed by atoms with Crippen LogP contribution in [0.5, 0.6) is 5.75 Å². The third kappa shape index (κ3) is 4.56. The van der Waals surface area contributed by atoms with Crippen molar-refractivity contribution in [3.05, 3.63) is 62.0 Å². The van der Waals surface area contributed by atoms with Gasteiger partial charge < -0.3 is 19.9 Å². The van der Waals surface area contributed by atoms with E-state index >= 15 is 0 Å². The van der Waals surface area contributed by atoms with Gasteiger partial charge in [0, 0.05) is 37.9 Å². The monoisotopic (exact) mass is 453 g/mol. The van der Waals surface area contributed by atoms with Crippen molar-refractivity contribution in [2.45, 2.75) is 39.3 Å². The first-order valence-electron chi connectivity index (χ1n) is 9.92. The van der Waals surface area contributed by atoms with E-state index in [4.69, 9.17) is 11.6 Å². The van der Waals surface area contributed by atoms with Crippen LogP contribution in [0.4, 0.5) is 8.78 Å². The second-order valence-electron chi connectivity index (χ2n) is 7.28. The van der Waals surface area contributed by atoms with E-state index in [0.717, 1.165) is 31.4 Å². The number of fused-ring (bicyclic) bond motifs is 1. The van der Waals surface area contributed by atoms with E-state index in [2.05, 4.69) is 5.32 Å². The zero-order valence-electron chi connectivity index (χ0n) is 16.9. The lowest BCUT2D eigenvalue weighted by Crippen LogP contribution is -2.43. The molecular weight excluding hydrogens is 432 g/mol. The SMILES string of the molecule is CCCCCN1CCn2cc(C(=O)NCc3ccc(F)c(Cl)c3F)c(=O)c(O)c2C1=O. The quantitative estimate of drug-likeness (QED) is 0.498. The standard InChI is InChI=1S/C21H22ClF2N3O4/c1-2-3-4-7-26-8-9-27-11-13(18(28)19(29)17(27)21(26)31)20(30)25-10-12-5-6-14(23)15(22)16(12)24/h5-6,11,29H,2-4,7-10H2,1H3,(H,25,30). The maximum Gasteiger partial charge on any atom is 0.274 e. The Morgan fingerprint density at radius 2 is 1.97 bits per heavy atom. The number of carbonyl (C=O) groups excluding carboxylic acids is 2. The first kappa shape index (κ1) is 22.7. The fourth-order valence-electron chi connectivity index (χ4n) is 3.43. The number of aromatic nitrogens is 1. The maximum atomic E-state index is 14.0. The summed E-state index contributed by atoms with van der Waals surface area (Å²) in [5, 5.41) is 12.0. The minimum Gasteiger partial charge on any atom is -0.503 e. The van der Waals surface area contributed by atoms with Crippen molar-refractivity contribution in [2.75, 3.05) is 13.1 Å². The van der Waals surface area contributed by atoms with Gasteiger partial charge in [0.2, 0.25) is 5.43 Å². The van der Waals surface area contributed by atoms with Crippen molar-refractivity contribution in [2.24, 2.45) is 0 Å². The van der Waals surface area contributed by atoms with Crippen LogP contribution in [0.2, 0.25) is 5.02 Å². The highest BCUT2D eigenvalue weighted by molar-refractivity contribution is 6.30. The van der Waals surface area contributed by atoms with Gasteiger partial charge in [-0.15, -0.1) is 0 Å². The highest BCUT2D eigenvalue weighted by Gasteiger charge is 2.30. The molecule has 31 heavy (non-hydrogen) atoms. The lowest BCUT2D eigenvalue weighted by Gasteiger charge is -2.30. The van der Waals surface area contributed by atoms with Crippen LogP contribution in [0.15, 0.2) is 23.1 Å². The molecule has 0 fully saturated rings. The summed E-state index contributed by atoms with van der Waals surface area (Å²) < 4.78 is 28.6. The van der Waals surface area contributed by atoms with Gasteiger partial charge in [-0.25, -0.2) is 8.78 Å². The fourth-order valence-corrected chi connectivity index (χ4v) is 3.62. The summed E-state index contributed by atoms with van der Waals surface area (Å²) in [5.74, 6) is -4.07. The number of hydrogen-bond donors (Lipinski definition) is 2. The van der Waals surface area contributed by atoms with E-state index in [9.17, 15) is 28.3 Å². The molecule has 2 aromatic rings. The molecule has 0 unspecified atom stereocenters.